The molecule has 2 amide bonds. The van der Waals surface area contributed by atoms with Gasteiger partial charge in [0.15, 0.2) is 11.6 Å². The fourth-order valence-electron chi connectivity index (χ4n) is 9.47. The topological polar surface area (TPSA) is 128 Å². The van der Waals surface area contributed by atoms with E-state index in [1.165, 1.54) is 128 Å². The molecular weight excluding hydrogens is 1020 g/mol. The Hall–Kier alpha value is -2.78. The van der Waals surface area contributed by atoms with Crippen LogP contribution in [0.1, 0.15) is 252 Å². The van der Waals surface area contributed by atoms with Gasteiger partial charge in [-0.15, -0.1) is 0 Å². The number of ether oxygens (including phenoxy) is 4. The summed E-state index contributed by atoms with van der Waals surface area (Å²) in [6, 6.07) is 5.77. The zero-order valence-corrected chi connectivity index (χ0v) is 52.4. The van der Waals surface area contributed by atoms with Gasteiger partial charge in [0.05, 0.1) is 19.8 Å². The molecule has 13 heteroatoms. The molecule has 11 nitrogen and oxygen atoms in total. The summed E-state index contributed by atoms with van der Waals surface area (Å²) in [6.45, 7) is 11.0. The summed E-state index contributed by atoms with van der Waals surface area (Å²) in [6.07, 6.45) is 59.1. The molecule has 2 heterocycles. The monoisotopic (exact) mass is 1140 g/mol. The van der Waals surface area contributed by atoms with Gasteiger partial charge in [0.1, 0.15) is 17.0 Å². The third-order valence-electron chi connectivity index (χ3n) is 14.4. The summed E-state index contributed by atoms with van der Waals surface area (Å²) in [5, 5.41) is 6.65. The summed E-state index contributed by atoms with van der Waals surface area (Å²) in [5.41, 5.74) is 0. The lowest BCUT2D eigenvalue weighted by Crippen LogP contribution is -2.37. The quantitative estimate of drug-likeness (QED) is 0.0280. The molecule has 1 aliphatic rings. The second-order valence-corrected chi connectivity index (χ2v) is 24.6. The maximum Gasteiger partial charge on any atom is 0.220 e. The number of nitrogens with zero attached hydrogens (tertiary/aromatic N) is 2. The fourth-order valence-corrected chi connectivity index (χ4v) is 11.3. The van der Waals surface area contributed by atoms with Crippen LogP contribution >= 0.6 is 21.6 Å². The van der Waals surface area contributed by atoms with Crippen molar-refractivity contribution in [3.05, 3.63) is 73.0 Å². The summed E-state index contributed by atoms with van der Waals surface area (Å²) in [7, 11) is 5.34. The summed E-state index contributed by atoms with van der Waals surface area (Å²) < 4.78 is 25.2. The van der Waals surface area contributed by atoms with Crippen LogP contribution in [0.2, 0.25) is 0 Å². The number of carbonyl (C=O) groups is 3. The Balaban J connectivity index is 1.58. The van der Waals surface area contributed by atoms with Gasteiger partial charge in [0.2, 0.25) is 11.8 Å². The number of likely N-dealkylation sites (N-methyl/N-ethyl adjacent to an activating group) is 1. The molecule has 0 aliphatic carbocycles. The normalized spacial score (nSPS) is 14.8. The van der Waals surface area contributed by atoms with Crippen molar-refractivity contribution in [2.24, 2.45) is 0 Å². The number of aromatic nitrogens is 1. The van der Waals surface area contributed by atoms with Crippen molar-refractivity contribution in [2.45, 2.75) is 275 Å². The van der Waals surface area contributed by atoms with E-state index in [0.717, 1.165) is 82.2 Å². The SMILES string of the molecule is CCCCC/C=C\C/C=C\CCCCCCCCC1(CCCCCCCC/C=C\C/C=C\CCCCC)OCC(N(C)CCCCCCCC(=O)CCC(=O)NCCOC(C)(C)OCCNC(=O)CCSSc2ccccn2)O1. The van der Waals surface area contributed by atoms with Gasteiger partial charge in [-0.25, -0.2) is 4.98 Å². The number of rotatable bonds is 55. The highest BCUT2D eigenvalue weighted by Gasteiger charge is 2.41. The van der Waals surface area contributed by atoms with Gasteiger partial charge >= 0.3 is 0 Å². The highest BCUT2D eigenvalue weighted by atomic mass is 33.1. The Kier molecular flexibility index (Phi) is 46.6. The molecule has 0 saturated carbocycles. The minimum Gasteiger partial charge on any atom is -0.354 e. The molecular formula is C66H114N4O7S2. The third-order valence-corrected chi connectivity index (χ3v) is 16.7. The van der Waals surface area contributed by atoms with Crippen molar-refractivity contribution < 1.29 is 33.3 Å². The van der Waals surface area contributed by atoms with Gasteiger partial charge in [0.25, 0.3) is 0 Å². The van der Waals surface area contributed by atoms with E-state index in [1.54, 1.807) is 27.8 Å². The molecule has 2 N–H and O–H groups in total. The number of pyridine rings is 1. The summed E-state index contributed by atoms with van der Waals surface area (Å²) >= 11 is 0. The maximum absolute atomic E-state index is 12.6. The minimum absolute atomic E-state index is 0.00200. The van der Waals surface area contributed by atoms with Gasteiger partial charge < -0.3 is 29.6 Å². The summed E-state index contributed by atoms with van der Waals surface area (Å²) in [5.74, 6) is -0.673. The van der Waals surface area contributed by atoms with E-state index in [0.29, 0.717) is 44.9 Å². The molecule has 0 radical (unpaired) electrons. The van der Waals surface area contributed by atoms with Crippen LogP contribution in [0.4, 0.5) is 0 Å². The second kappa shape index (κ2) is 50.9. The molecule has 2 rings (SSSR count). The van der Waals surface area contributed by atoms with E-state index in [1.807, 2.05) is 32.0 Å². The van der Waals surface area contributed by atoms with E-state index in [9.17, 15) is 14.4 Å². The Bertz CT molecular complexity index is 1700. The Morgan fingerprint density at radius 1 is 0.633 bits per heavy atom. The number of hydrogen-bond acceptors (Lipinski definition) is 11. The average molecular weight is 1140 g/mol. The van der Waals surface area contributed by atoms with Crippen molar-refractivity contribution in [3.8, 4) is 0 Å². The third kappa shape index (κ3) is 43.6. The van der Waals surface area contributed by atoms with E-state index >= 15 is 0 Å². The van der Waals surface area contributed by atoms with E-state index < -0.39 is 11.6 Å². The predicted octanol–water partition coefficient (Wildman–Crippen LogP) is 17.3. The summed E-state index contributed by atoms with van der Waals surface area (Å²) in [4.78, 5) is 43.8. The van der Waals surface area contributed by atoms with E-state index in [2.05, 4.69) is 90.0 Å². The van der Waals surface area contributed by atoms with Crippen molar-refractivity contribution in [1.82, 2.24) is 20.5 Å². The number of hydrogen-bond donors (Lipinski definition) is 2. The van der Waals surface area contributed by atoms with Gasteiger partial charge in [-0.3, -0.25) is 19.3 Å². The first kappa shape index (κ1) is 72.3. The molecule has 0 aromatic carbocycles. The fraction of sp³-hybridized carbons (Fsp3) is 0.758. The smallest absolute Gasteiger partial charge is 0.220 e. The molecule has 452 valence electrons. The van der Waals surface area contributed by atoms with Crippen LogP contribution in [-0.2, 0) is 33.3 Å². The number of Topliss-reactive ketones (excluding diaryl/α,β-unsaturated/α-hetero) is 1. The lowest BCUT2D eigenvalue weighted by atomic mass is 9.98. The number of nitrogens with one attached hydrogen (secondary N) is 2. The molecule has 79 heavy (non-hydrogen) atoms. The van der Waals surface area contributed by atoms with Crippen LogP contribution in [0.5, 0.6) is 0 Å². The highest BCUT2D eigenvalue weighted by Crippen LogP contribution is 2.36. The number of carbonyl (C=O) groups excluding carboxylic acids is 3. The number of allylic oxidation sites excluding steroid dienone is 8. The molecule has 0 spiro atoms. The van der Waals surface area contributed by atoms with Crippen molar-refractivity contribution >= 4 is 39.2 Å². The van der Waals surface area contributed by atoms with Crippen molar-refractivity contribution in [3.63, 3.8) is 0 Å². The van der Waals surface area contributed by atoms with Crippen LogP contribution in [-0.4, -0.2) is 97.5 Å². The Morgan fingerprint density at radius 3 is 1.66 bits per heavy atom. The first-order chi connectivity index (χ1) is 38.6. The molecule has 1 aromatic rings. The minimum atomic E-state index is -0.867. The molecule has 1 aliphatic heterocycles. The Morgan fingerprint density at radius 2 is 1.13 bits per heavy atom. The lowest BCUT2D eigenvalue weighted by Gasteiger charge is -2.30. The predicted molar refractivity (Wildman–Crippen MR) is 335 cm³/mol. The van der Waals surface area contributed by atoms with Gasteiger partial charge in [0, 0.05) is 70.1 Å². The zero-order valence-electron chi connectivity index (χ0n) is 50.8. The van der Waals surface area contributed by atoms with Crippen LogP contribution < -0.4 is 10.6 Å². The molecule has 1 fully saturated rings. The molecule has 1 saturated heterocycles. The van der Waals surface area contributed by atoms with E-state index in [-0.39, 0.29) is 43.3 Å². The van der Waals surface area contributed by atoms with Crippen LogP contribution in [0.25, 0.3) is 0 Å². The molecule has 0 bridgehead atoms. The lowest BCUT2D eigenvalue weighted by molar-refractivity contribution is -0.211. The van der Waals surface area contributed by atoms with Crippen LogP contribution in [0, 0.1) is 0 Å². The molecule has 1 unspecified atom stereocenters. The number of unbranched alkanes of at least 4 members (excludes halogenated alkanes) is 22. The standard InChI is InChI=1S/C66H114N4O7S2/c1-6-8-10-12-14-16-18-20-22-24-26-28-30-32-36-41-50-66(51-42-37-33-31-29-27-25-23-21-19-17-15-13-11-9-7-2)76-59-64(77-66)70(5)55-44-38-34-35-39-45-60(71)47-48-61(72)67-53-56-74-65(3,4)75-57-54-68-62(73)49-58-78-79-63-46-40-43-52-69-63/h14-17,20-23,40,43,46,52,64H,6-13,18-19,24-39,41-42,44-45,47-51,53-59H2,1-5H3,(H,67,72)(H,68,73)/b16-14-,17-15-,22-20-,23-21-. The van der Waals surface area contributed by atoms with Gasteiger partial charge in [-0.2, -0.15) is 0 Å². The van der Waals surface area contributed by atoms with Crippen molar-refractivity contribution in [1.29, 1.82) is 0 Å². The first-order valence-electron chi connectivity index (χ1n) is 31.7. The number of amides is 2. The second-order valence-electron chi connectivity index (χ2n) is 22.1. The van der Waals surface area contributed by atoms with Gasteiger partial charge in [-0.1, -0.05) is 176 Å². The van der Waals surface area contributed by atoms with Crippen LogP contribution in [0.15, 0.2) is 78.0 Å². The van der Waals surface area contributed by atoms with Crippen molar-refractivity contribution in [2.75, 3.05) is 52.3 Å². The molecule has 1 atom stereocenters. The van der Waals surface area contributed by atoms with Crippen LogP contribution in [0.3, 0.4) is 0 Å². The van der Waals surface area contributed by atoms with Gasteiger partial charge in [-0.05, 0) is 134 Å². The zero-order chi connectivity index (χ0) is 57.0. The maximum atomic E-state index is 12.6. The first-order valence-corrected chi connectivity index (χ1v) is 34.1. The number of ketones is 1. The molecule has 1 aromatic heterocycles. The largest absolute Gasteiger partial charge is 0.354 e. The Labute approximate surface area is 491 Å². The average Bonchev–Trinajstić information content (AvgIpc) is 3.97. The highest BCUT2D eigenvalue weighted by molar-refractivity contribution is 8.76. The van der Waals surface area contributed by atoms with E-state index in [4.69, 9.17) is 18.9 Å².